The molecule has 0 saturated carbocycles. The molecule has 0 aliphatic rings. The van der Waals surface area contributed by atoms with E-state index >= 15 is 0 Å². The van der Waals surface area contributed by atoms with Crippen LogP contribution < -0.4 is 5.32 Å². The predicted octanol–water partition coefficient (Wildman–Crippen LogP) is 1.90. The van der Waals surface area contributed by atoms with Gasteiger partial charge in [0.1, 0.15) is 6.54 Å². The van der Waals surface area contributed by atoms with Crippen molar-refractivity contribution in [2.75, 3.05) is 11.1 Å². The van der Waals surface area contributed by atoms with Gasteiger partial charge >= 0.3 is 5.97 Å². The number of aliphatic carboxylic acids is 1. The second-order valence-corrected chi connectivity index (χ2v) is 5.96. The van der Waals surface area contributed by atoms with Gasteiger partial charge in [-0.15, -0.1) is 23.1 Å². The number of amides is 1. The molecule has 0 radical (unpaired) electrons. The summed E-state index contributed by atoms with van der Waals surface area (Å²) < 4.78 is 1.26. The van der Waals surface area contributed by atoms with Crippen LogP contribution in [0, 0.1) is 0 Å². The first kappa shape index (κ1) is 14.6. The number of nitrogens with zero attached hydrogens (tertiary/aromatic N) is 2. The number of carboxylic acids is 1. The van der Waals surface area contributed by atoms with Crippen molar-refractivity contribution in [3.05, 3.63) is 34.8 Å². The summed E-state index contributed by atoms with van der Waals surface area (Å²) in [5.74, 6) is 0.0599. The summed E-state index contributed by atoms with van der Waals surface area (Å²) in [6.07, 6.45) is 2.93. The van der Waals surface area contributed by atoms with Crippen molar-refractivity contribution in [2.24, 2.45) is 0 Å². The zero-order valence-electron chi connectivity index (χ0n) is 10.5. The van der Waals surface area contributed by atoms with E-state index in [2.05, 4.69) is 10.4 Å². The smallest absolute Gasteiger partial charge is 0.325 e. The largest absolute Gasteiger partial charge is 0.480 e. The SMILES string of the molecule is O=C(O)Cn1cc(NC(=O)CSCc2cccs2)cn1. The average Bonchev–Trinajstić information content (AvgIpc) is 3.00. The molecule has 0 atom stereocenters. The Morgan fingerprint density at radius 3 is 3.05 bits per heavy atom. The molecule has 0 spiro atoms. The monoisotopic (exact) mass is 311 g/mol. The van der Waals surface area contributed by atoms with Gasteiger partial charge in [-0.2, -0.15) is 5.10 Å². The third kappa shape index (κ3) is 4.71. The van der Waals surface area contributed by atoms with Gasteiger partial charge in [-0.25, -0.2) is 0 Å². The molecule has 0 aliphatic carbocycles. The Bertz CT molecular complexity index is 581. The Labute approximate surface area is 123 Å². The Balaban J connectivity index is 1.73. The Morgan fingerprint density at radius 2 is 2.35 bits per heavy atom. The Hall–Kier alpha value is -1.80. The van der Waals surface area contributed by atoms with Crippen LogP contribution in [0.15, 0.2) is 29.9 Å². The van der Waals surface area contributed by atoms with E-state index in [9.17, 15) is 9.59 Å². The Morgan fingerprint density at radius 1 is 1.50 bits per heavy atom. The van der Waals surface area contributed by atoms with Gasteiger partial charge in [0.2, 0.25) is 5.91 Å². The molecule has 0 bridgehead atoms. The number of rotatable bonds is 7. The highest BCUT2D eigenvalue weighted by Gasteiger charge is 2.06. The number of thiophene rings is 1. The van der Waals surface area contributed by atoms with E-state index in [1.807, 2.05) is 17.5 Å². The van der Waals surface area contributed by atoms with Gasteiger partial charge in [0, 0.05) is 16.8 Å². The molecule has 1 amide bonds. The van der Waals surface area contributed by atoms with Crippen LogP contribution in [-0.2, 0) is 21.9 Å². The molecule has 2 heterocycles. The maximum Gasteiger partial charge on any atom is 0.325 e. The fourth-order valence-electron chi connectivity index (χ4n) is 1.49. The fraction of sp³-hybridized carbons (Fsp3) is 0.250. The van der Waals surface area contributed by atoms with Crippen molar-refractivity contribution < 1.29 is 14.7 Å². The fourth-order valence-corrected chi connectivity index (χ4v) is 3.16. The van der Waals surface area contributed by atoms with E-state index in [4.69, 9.17) is 5.11 Å². The maximum absolute atomic E-state index is 11.7. The quantitative estimate of drug-likeness (QED) is 0.816. The van der Waals surface area contributed by atoms with Gasteiger partial charge in [-0.3, -0.25) is 14.3 Å². The molecule has 106 valence electrons. The van der Waals surface area contributed by atoms with Crippen LogP contribution in [-0.4, -0.2) is 32.5 Å². The highest BCUT2D eigenvalue weighted by Crippen LogP contribution is 2.17. The van der Waals surface area contributed by atoms with E-state index < -0.39 is 5.97 Å². The topological polar surface area (TPSA) is 84.2 Å². The Kier molecular flexibility index (Phi) is 5.19. The number of carbonyl (C=O) groups is 2. The van der Waals surface area contributed by atoms with Crippen LogP contribution in [0.2, 0.25) is 0 Å². The minimum absolute atomic E-state index is 0.124. The standard InChI is InChI=1S/C12H13N3O3S2/c16-11(8-19-7-10-2-1-3-20-10)14-9-4-13-15(5-9)6-12(17)18/h1-5H,6-8H2,(H,14,16)(H,17,18). The zero-order chi connectivity index (χ0) is 14.4. The molecule has 0 fully saturated rings. The molecule has 2 N–H and O–H groups in total. The average molecular weight is 311 g/mol. The minimum Gasteiger partial charge on any atom is -0.480 e. The van der Waals surface area contributed by atoms with E-state index in [0.717, 1.165) is 5.75 Å². The van der Waals surface area contributed by atoms with E-state index in [0.29, 0.717) is 11.4 Å². The van der Waals surface area contributed by atoms with Crippen LogP contribution in [0.25, 0.3) is 0 Å². The van der Waals surface area contributed by atoms with Crippen LogP contribution in [0.1, 0.15) is 4.88 Å². The van der Waals surface area contributed by atoms with E-state index in [1.54, 1.807) is 11.3 Å². The van der Waals surface area contributed by atoms with Crippen molar-refractivity contribution in [1.29, 1.82) is 0 Å². The number of aromatic nitrogens is 2. The van der Waals surface area contributed by atoms with Crippen molar-refractivity contribution in [3.8, 4) is 0 Å². The molecule has 2 aromatic rings. The first-order valence-electron chi connectivity index (χ1n) is 5.78. The lowest BCUT2D eigenvalue weighted by molar-refractivity contribution is -0.137. The van der Waals surface area contributed by atoms with Crippen LogP contribution in [0.3, 0.4) is 0 Å². The van der Waals surface area contributed by atoms with Gasteiger partial charge in [-0.1, -0.05) is 6.07 Å². The van der Waals surface area contributed by atoms with Gasteiger partial charge in [0.25, 0.3) is 0 Å². The summed E-state index contributed by atoms with van der Waals surface area (Å²) in [7, 11) is 0. The summed E-state index contributed by atoms with van der Waals surface area (Å²) in [5, 5.41) is 17.2. The summed E-state index contributed by atoms with van der Waals surface area (Å²) in [5.41, 5.74) is 0.507. The zero-order valence-corrected chi connectivity index (χ0v) is 12.1. The maximum atomic E-state index is 11.7. The molecular weight excluding hydrogens is 298 g/mol. The van der Waals surface area contributed by atoms with Crippen molar-refractivity contribution in [1.82, 2.24) is 9.78 Å². The number of anilines is 1. The molecule has 0 aliphatic heterocycles. The van der Waals surface area contributed by atoms with E-state index in [1.165, 1.54) is 33.7 Å². The molecule has 6 nitrogen and oxygen atoms in total. The second-order valence-electron chi connectivity index (χ2n) is 3.94. The lowest BCUT2D eigenvalue weighted by atomic mass is 10.5. The number of carboxylic acid groups (broad SMARTS) is 1. The van der Waals surface area contributed by atoms with Gasteiger partial charge in [0.05, 0.1) is 17.6 Å². The summed E-state index contributed by atoms with van der Waals surface area (Å²) in [4.78, 5) is 23.4. The molecule has 0 unspecified atom stereocenters. The van der Waals surface area contributed by atoms with Gasteiger partial charge in [0.15, 0.2) is 0 Å². The third-order valence-corrected chi connectivity index (χ3v) is 4.31. The molecular formula is C12H13N3O3S2. The third-order valence-electron chi connectivity index (χ3n) is 2.27. The van der Waals surface area contributed by atoms with Crippen LogP contribution in [0.5, 0.6) is 0 Å². The summed E-state index contributed by atoms with van der Waals surface area (Å²) in [6.45, 7) is -0.219. The van der Waals surface area contributed by atoms with Gasteiger partial charge in [-0.05, 0) is 11.4 Å². The van der Waals surface area contributed by atoms with Gasteiger partial charge < -0.3 is 10.4 Å². The molecule has 2 aromatic heterocycles. The first-order chi connectivity index (χ1) is 9.63. The molecule has 20 heavy (non-hydrogen) atoms. The van der Waals surface area contributed by atoms with Crippen molar-refractivity contribution >= 4 is 40.7 Å². The normalized spacial score (nSPS) is 10.4. The summed E-state index contributed by atoms with van der Waals surface area (Å²) >= 11 is 3.20. The first-order valence-corrected chi connectivity index (χ1v) is 7.81. The number of carbonyl (C=O) groups excluding carboxylic acids is 1. The summed E-state index contributed by atoms with van der Waals surface area (Å²) in [6, 6.07) is 4.02. The number of thioether (sulfide) groups is 1. The predicted molar refractivity (Wildman–Crippen MR) is 79.0 cm³/mol. The number of hydrogen-bond acceptors (Lipinski definition) is 5. The highest BCUT2D eigenvalue weighted by molar-refractivity contribution is 7.99. The molecule has 8 heteroatoms. The molecule has 0 saturated heterocycles. The van der Waals surface area contributed by atoms with Crippen molar-refractivity contribution in [3.63, 3.8) is 0 Å². The number of hydrogen-bond donors (Lipinski definition) is 2. The lowest BCUT2D eigenvalue weighted by Crippen LogP contribution is -2.14. The molecule has 2 rings (SSSR count). The van der Waals surface area contributed by atoms with E-state index in [-0.39, 0.29) is 12.5 Å². The number of nitrogens with one attached hydrogen (secondary N) is 1. The molecule has 0 aromatic carbocycles. The van der Waals surface area contributed by atoms with Crippen molar-refractivity contribution in [2.45, 2.75) is 12.3 Å². The highest BCUT2D eigenvalue weighted by atomic mass is 32.2. The minimum atomic E-state index is -0.975. The second kappa shape index (κ2) is 7.11. The van der Waals surface area contributed by atoms with Crippen LogP contribution >= 0.6 is 23.1 Å². The van der Waals surface area contributed by atoms with Crippen LogP contribution in [0.4, 0.5) is 5.69 Å². The lowest BCUT2D eigenvalue weighted by Gasteiger charge is -2.01.